The van der Waals surface area contributed by atoms with Crippen LogP contribution in [-0.4, -0.2) is 6.54 Å². The molecule has 0 fully saturated rings. The molecule has 0 unspecified atom stereocenters. The van der Waals surface area contributed by atoms with Gasteiger partial charge in [-0.15, -0.1) is 0 Å². The SMILES string of the molecule is CCNCc1ccc(Oc2ccc(C)cc2Br)cc1Br. The van der Waals surface area contributed by atoms with Crippen molar-refractivity contribution in [1.29, 1.82) is 0 Å². The van der Waals surface area contributed by atoms with Crippen LogP contribution >= 0.6 is 31.9 Å². The third-order valence-electron chi connectivity index (χ3n) is 2.91. The maximum atomic E-state index is 5.91. The second-order valence-electron chi connectivity index (χ2n) is 4.57. The lowest BCUT2D eigenvalue weighted by molar-refractivity contribution is 0.479. The quantitative estimate of drug-likeness (QED) is 0.725. The lowest BCUT2D eigenvalue weighted by Gasteiger charge is -2.11. The van der Waals surface area contributed by atoms with Crippen molar-refractivity contribution in [3.8, 4) is 11.5 Å². The number of benzene rings is 2. The van der Waals surface area contributed by atoms with Gasteiger partial charge in [-0.3, -0.25) is 0 Å². The fourth-order valence-corrected chi connectivity index (χ4v) is 2.88. The highest BCUT2D eigenvalue weighted by molar-refractivity contribution is 9.10. The minimum atomic E-state index is 0.821. The van der Waals surface area contributed by atoms with Crippen molar-refractivity contribution in [2.75, 3.05) is 6.54 Å². The predicted molar refractivity (Wildman–Crippen MR) is 90.5 cm³/mol. The predicted octanol–water partition coefficient (Wildman–Crippen LogP) is 5.42. The van der Waals surface area contributed by atoms with Crippen LogP contribution in [0.3, 0.4) is 0 Å². The zero-order chi connectivity index (χ0) is 14.5. The molecule has 106 valence electrons. The van der Waals surface area contributed by atoms with Gasteiger partial charge in [-0.1, -0.05) is 35.0 Å². The molecule has 20 heavy (non-hydrogen) atoms. The molecule has 0 amide bonds. The van der Waals surface area contributed by atoms with Gasteiger partial charge in [0.05, 0.1) is 4.47 Å². The number of halogens is 2. The molecule has 0 aliphatic heterocycles. The minimum Gasteiger partial charge on any atom is -0.456 e. The summed E-state index contributed by atoms with van der Waals surface area (Å²) in [5, 5.41) is 3.31. The fraction of sp³-hybridized carbons (Fsp3) is 0.250. The van der Waals surface area contributed by atoms with E-state index >= 15 is 0 Å². The average molecular weight is 399 g/mol. The Morgan fingerprint density at radius 2 is 1.85 bits per heavy atom. The second-order valence-corrected chi connectivity index (χ2v) is 6.28. The fourth-order valence-electron chi connectivity index (χ4n) is 1.81. The Kier molecular flexibility index (Phi) is 5.64. The standard InChI is InChI=1S/C16H17Br2NO/c1-3-19-10-12-5-6-13(9-14(12)17)20-16-7-4-11(2)8-15(16)18/h4-9,19H,3,10H2,1-2H3. The topological polar surface area (TPSA) is 21.3 Å². The molecule has 4 heteroatoms. The molecule has 0 bridgehead atoms. The maximum Gasteiger partial charge on any atom is 0.141 e. The molecule has 0 aromatic heterocycles. The smallest absolute Gasteiger partial charge is 0.141 e. The van der Waals surface area contributed by atoms with Gasteiger partial charge in [-0.05, 0) is 64.8 Å². The molecule has 0 spiro atoms. The first kappa shape index (κ1) is 15.5. The van der Waals surface area contributed by atoms with Crippen molar-refractivity contribution < 1.29 is 4.74 Å². The maximum absolute atomic E-state index is 5.91. The molecule has 0 radical (unpaired) electrons. The Balaban J connectivity index is 2.15. The molecule has 2 aromatic rings. The Labute approximate surface area is 136 Å². The van der Waals surface area contributed by atoms with Gasteiger partial charge in [-0.25, -0.2) is 0 Å². The summed E-state index contributed by atoms with van der Waals surface area (Å²) in [5.74, 6) is 1.64. The summed E-state index contributed by atoms with van der Waals surface area (Å²) in [4.78, 5) is 0. The average Bonchev–Trinajstić information content (AvgIpc) is 2.41. The molecule has 2 rings (SSSR count). The molecule has 2 nitrogen and oxygen atoms in total. The van der Waals surface area contributed by atoms with Crippen molar-refractivity contribution in [1.82, 2.24) is 5.32 Å². The highest BCUT2D eigenvalue weighted by Gasteiger charge is 2.06. The van der Waals surface area contributed by atoms with Crippen LogP contribution in [0, 0.1) is 6.92 Å². The minimum absolute atomic E-state index is 0.821. The van der Waals surface area contributed by atoms with Gasteiger partial charge in [0.1, 0.15) is 11.5 Å². The lowest BCUT2D eigenvalue weighted by Crippen LogP contribution is -2.11. The van der Waals surface area contributed by atoms with Gasteiger partial charge in [0.2, 0.25) is 0 Å². The normalized spacial score (nSPS) is 10.6. The first-order valence-electron chi connectivity index (χ1n) is 6.53. The van der Waals surface area contributed by atoms with E-state index < -0.39 is 0 Å². The van der Waals surface area contributed by atoms with Crippen LogP contribution in [0.4, 0.5) is 0 Å². The summed E-state index contributed by atoms with van der Waals surface area (Å²) in [5.41, 5.74) is 2.42. The molecule has 0 saturated carbocycles. The van der Waals surface area contributed by atoms with E-state index in [0.29, 0.717) is 0 Å². The first-order chi connectivity index (χ1) is 9.60. The number of hydrogen-bond acceptors (Lipinski definition) is 2. The Morgan fingerprint density at radius 3 is 2.50 bits per heavy atom. The molecule has 1 N–H and O–H groups in total. The Morgan fingerprint density at radius 1 is 1.05 bits per heavy atom. The number of hydrogen-bond donors (Lipinski definition) is 1. The summed E-state index contributed by atoms with van der Waals surface area (Å²) < 4.78 is 7.93. The number of nitrogens with one attached hydrogen (secondary N) is 1. The van der Waals surface area contributed by atoms with Crippen LogP contribution in [0.5, 0.6) is 11.5 Å². The van der Waals surface area contributed by atoms with Crippen LogP contribution in [0.2, 0.25) is 0 Å². The molecule has 2 aromatic carbocycles. The van der Waals surface area contributed by atoms with Crippen LogP contribution in [0.25, 0.3) is 0 Å². The number of aryl methyl sites for hydroxylation is 1. The van der Waals surface area contributed by atoms with Crippen LogP contribution in [0.15, 0.2) is 45.3 Å². The zero-order valence-electron chi connectivity index (χ0n) is 11.5. The second kappa shape index (κ2) is 7.25. The van der Waals surface area contributed by atoms with Gasteiger partial charge in [0.15, 0.2) is 0 Å². The highest BCUT2D eigenvalue weighted by Crippen LogP contribution is 2.32. The van der Waals surface area contributed by atoms with E-state index in [-0.39, 0.29) is 0 Å². The van der Waals surface area contributed by atoms with Gasteiger partial charge < -0.3 is 10.1 Å². The van der Waals surface area contributed by atoms with E-state index in [9.17, 15) is 0 Å². The Hall–Kier alpha value is -0.840. The molecular formula is C16H17Br2NO. The largest absolute Gasteiger partial charge is 0.456 e. The van der Waals surface area contributed by atoms with Gasteiger partial charge in [0.25, 0.3) is 0 Å². The summed E-state index contributed by atoms with van der Waals surface area (Å²) in [6.07, 6.45) is 0. The first-order valence-corrected chi connectivity index (χ1v) is 8.12. The van der Waals surface area contributed by atoms with Crippen LogP contribution in [0.1, 0.15) is 18.1 Å². The van der Waals surface area contributed by atoms with Crippen LogP contribution < -0.4 is 10.1 Å². The molecular weight excluding hydrogens is 382 g/mol. The van der Waals surface area contributed by atoms with Gasteiger partial charge in [-0.2, -0.15) is 0 Å². The van der Waals surface area contributed by atoms with E-state index in [2.05, 4.69) is 57.1 Å². The van der Waals surface area contributed by atoms with E-state index in [1.807, 2.05) is 30.3 Å². The Bertz CT molecular complexity index is 599. The third-order valence-corrected chi connectivity index (χ3v) is 4.26. The lowest BCUT2D eigenvalue weighted by atomic mass is 10.2. The van der Waals surface area contributed by atoms with Crippen LogP contribution in [-0.2, 0) is 6.54 Å². The van der Waals surface area contributed by atoms with E-state index in [1.165, 1.54) is 11.1 Å². The summed E-state index contributed by atoms with van der Waals surface area (Å²) in [6, 6.07) is 12.1. The van der Waals surface area contributed by atoms with Gasteiger partial charge in [0, 0.05) is 11.0 Å². The van der Waals surface area contributed by atoms with E-state index in [0.717, 1.165) is 33.5 Å². The van der Waals surface area contributed by atoms with Gasteiger partial charge >= 0.3 is 0 Å². The molecule has 0 heterocycles. The molecule has 0 aliphatic carbocycles. The van der Waals surface area contributed by atoms with Crippen molar-refractivity contribution in [2.45, 2.75) is 20.4 Å². The van der Waals surface area contributed by atoms with Crippen molar-refractivity contribution in [3.63, 3.8) is 0 Å². The molecule has 0 atom stereocenters. The molecule has 0 saturated heterocycles. The summed E-state index contributed by atoms with van der Waals surface area (Å²) >= 11 is 7.11. The number of ether oxygens (including phenoxy) is 1. The van der Waals surface area contributed by atoms with Crippen molar-refractivity contribution in [2.24, 2.45) is 0 Å². The highest BCUT2D eigenvalue weighted by atomic mass is 79.9. The van der Waals surface area contributed by atoms with E-state index in [4.69, 9.17) is 4.74 Å². The monoisotopic (exact) mass is 397 g/mol. The van der Waals surface area contributed by atoms with Crippen molar-refractivity contribution in [3.05, 3.63) is 56.5 Å². The number of rotatable bonds is 5. The van der Waals surface area contributed by atoms with E-state index in [1.54, 1.807) is 0 Å². The van der Waals surface area contributed by atoms with Crippen molar-refractivity contribution >= 4 is 31.9 Å². The third kappa shape index (κ3) is 4.08. The summed E-state index contributed by atoms with van der Waals surface area (Å²) in [6.45, 7) is 5.97. The summed E-state index contributed by atoms with van der Waals surface area (Å²) in [7, 11) is 0. The molecule has 0 aliphatic rings. The zero-order valence-corrected chi connectivity index (χ0v) is 14.7.